The fourth-order valence-corrected chi connectivity index (χ4v) is 1.02. The quantitative estimate of drug-likeness (QED) is 0.450. The number of unbranched alkanes of at least 4 members (excludes halogenated alkanes) is 2. The van der Waals surface area contributed by atoms with Crippen molar-refractivity contribution in [1.82, 2.24) is 0 Å². The van der Waals surface area contributed by atoms with E-state index in [0.29, 0.717) is 26.2 Å². The van der Waals surface area contributed by atoms with Gasteiger partial charge in [0.15, 0.2) is 0 Å². The van der Waals surface area contributed by atoms with Gasteiger partial charge in [-0.25, -0.2) is 0 Å². The van der Waals surface area contributed by atoms with Crippen LogP contribution in [0.1, 0.15) is 32.6 Å². The molecule has 14 heavy (non-hydrogen) atoms. The van der Waals surface area contributed by atoms with Crippen molar-refractivity contribution in [2.24, 2.45) is 5.73 Å². The highest BCUT2D eigenvalue weighted by molar-refractivity contribution is 5.69. The van der Waals surface area contributed by atoms with Crippen molar-refractivity contribution in [3.05, 3.63) is 0 Å². The van der Waals surface area contributed by atoms with Crippen LogP contribution in [0.4, 0.5) is 0 Å². The normalized spacial score (nSPS) is 10.1. The molecule has 2 N–H and O–H groups in total. The van der Waals surface area contributed by atoms with Gasteiger partial charge in [-0.15, -0.1) is 0 Å². The van der Waals surface area contributed by atoms with E-state index in [1.807, 2.05) is 0 Å². The highest BCUT2D eigenvalue weighted by atomic mass is 16.5. The molecule has 0 rings (SSSR count). The largest absolute Gasteiger partial charge is 0.466 e. The molecule has 0 aliphatic heterocycles. The molecule has 0 amide bonds. The van der Waals surface area contributed by atoms with Crippen LogP contribution in [0.25, 0.3) is 0 Å². The van der Waals surface area contributed by atoms with Gasteiger partial charge >= 0.3 is 5.97 Å². The molecule has 0 saturated carbocycles. The third-order valence-electron chi connectivity index (χ3n) is 1.75. The van der Waals surface area contributed by atoms with Gasteiger partial charge in [0, 0.05) is 6.61 Å². The molecule has 0 aromatic carbocycles. The highest BCUT2D eigenvalue weighted by Gasteiger charge is 2.00. The van der Waals surface area contributed by atoms with E-state index >= 15 is 0 Å². The van der Waals surface area contributed by atoms with Crippen molar-refractivity contribution in [3.8, 4) is 0 Å². The summed E-state index contributed by atoms with van der Waals surface area (Å²) in [5.41, 5.74) is 5.34. The zero-order chi connectivity index (χ0) is 10.6. The van der Waals surface area contributed by atoms with Crippen LogP contribution in [0.5, 0.6) is 0 Å². The van der Waals surface area contributed by atoms with Gasteiger partial charge in [0.25, 0.3) is 0 Å². The molecule has 4 nitrogen and oxygen atoms in total. The first-order chi connectivity index (χ1) is 6.81. The van der Waals surface area contributed by atoms with Crippen LogP contribution in [0, 0.1) is 0 Å². The maximum absolute atomic E-state index is 10.9. The van der Waals surface area contributed by atoms with Crippen LogP contribution in [0.15, 0.2) is 0 Å². The Bertz CT molecular complexity index is 139. The third kappa shape index (κ3) is 9.48. The van der Waals surface area contributed by atoms with Crippen molar-refractivity contribution in [3.63, 3.8) is 0 Å². The average Bonchev–Trinajstić information content (AvgIpc) is 2.17. The molecule has 0 aromatic heterocycles. The van der Waals surface area contributed by atoms with Crippen LogP contribution in [-0.4, -0.2) is 32.3 Å². The summed E-state index contributed by atoms with van der Waals surface area (Å²) < 4.78 is 10.0. The van der Waals surface area contributed by atoms with E-state index in [2.05, 4.69) is 0 Å². The van der Waals surface area contributed by atoms with Gasteiger partial charge in [-0.1, -0.05) is 0 Å². The van der Waals surface area contributed by atoms with Gasteiger partial charge in [0.1, 0.15) is 0 Å². The van der Waals surface area contributed by atoms with Crippen LogP contribution in [-0.2, 0) is 14.3 Å². The Hall–Kier alpha value is -0.610. The Balaban J connectivity index is 3.01. The van der Waals surface area contributed by atoms with Crippen molar-refractivity contribution in [2.45, 2.75) is 32.6 Å². The molecular weight excluding hydrogens is 182 g/mol. The van der Waals surface area contributed by atoms with Gasteiger partial charge in [-0.05, 0) is 32.7 Å². The van der Waals surface area contributed by atoms with E-state index < -0.39 is 0 Å². The summed E-state index contributed by atoms with van der Waals surface area (Å²) in [5.74, 6) is -0.186. The Kier molecular flexibility index (Phi) is 10.0. The van der Waals surface area contributed by atoms with Crippen LogP contribution in [0.2, 0.25) is 0 Å². The standard InChI is InChI=1S/C10H21NO3/c1-2-14-10(12)6-9-13-8-5-3-4-7-11/h2-9,11H2,1H3. The summed E-state index contributed by atoms with van der Waals surface area (Å²) in [6, 6.07) is 0. The zero-order valence-corrected chi connectivity index (χ0v) is 8.96. The minimum Gasteiger partial charge on any atom is -0.466 e. The van der Waals surface area contributed by atoms with Crippen LogP contribution < -0.4 is 5.73 Å². The number of esters is 1. The molecule has 0 aliphatic carbocycles. The van der Waals surface area contributed by atoms with Crippen molar-refractivity contribution < 1.29 is 14.3 Å². The Morgan fingerprint density at radius 1 is 1.21 bits per heavy atom. The number of carbonyl (C=O) groups excluding carboxylic acids is 1. The molecule has 0 saturated heterocycles. The van der Waals surface area contributed by atoms with Gasteiger partial charge in [0.05, 0.1) is 19.6 Å². The molecule has 0 bridgehead atoms. The van der Waals surface area contributed by atoms with Crippen LogP contribution in [0.3, 0.4) is 0 Å². The minimum absolute atomic E-state index is 0.186. The smallest absolute Gasteiger partial charge is 0.308 e. The molecule has 84 valence electrons. The molecule has 0 heterocycles. The van der Waals surface area contributed by atoms with Crippen molar-refractivity contribution >= 4 is 5.97 Å². The lowest BCUT2D eigenvalue weighted by Gasteiger charge is -2.03. The maximum Gasteiger partial charge on any atom is 0.308 e. The summed E-state index contributed by atoms with van der Waals surface area (Å²) in [6.45, 7) is 4.14. The number of nitrogens with two attached hydrogens (primary N) is 1. The summed E-state index contributed by atoms with van der Waals surface area (Å²) in [4.78, 5) is 10.9. The molecule has 0 fully saturated rings. The maximum atomic E-state index is 10.9. The lowest BCUT2D eigenvalue weighted by Crippen LogP contribution is -2.08. The van der Waals surface area contributed by atoms with E-state index in [0.717, 1.165) is 25.8 Å². The third-order valence-corrected chi connectivity index (χ3v) is 1.75. The number of carbonyl (C=O) groups is 1. The van der Waals surface area contributed by atoms with Gasteiger partial charge in [-0.2, -0.15) is 0 Å². The topological polar surface area (TPSA) is 61.5 Å². The van der Waals surface area contributed by atoms with E-state index in [-0.39, 0.29) is 5.97 Å². The Labute approximate surface area is 85.8 Å². The number of hydrogen-bond donors (Lipinski definition) is 1. The predicted molar refractivity (Wildman–Crippen MR) is 55.0 cm³/mol. The first-order valence-corrected chi connectivity index (χ1v) is 5.24. The van der Waals surface area contributed by atoms with E-state index in [9.17, 15) is 4.79 Å². The second kappa shape index (κ2) is 10.5. The van der Waals surface area contributed by atoms with Gasteiger partial charge < -0.3 is 15.2 Å². The molecule has 0 aromatic rings. The van der Waals surface area contributed by atoms with Gasteiger partial charge in [0.2, 0.25) is 0 Å². The van der Waals surface area contributed by atoms with E-state index in [4.69, 9.17) is 15.2 Å². The second-order valence-corrected chi connectivity index (χ2v) is 3.02. The molecule has 0 radical (unpaired) electrons. The van der Waals surface area contributed by atoms with Crippen molar-refractivity contribution in [2.75, 3.05) is 26.4 Å². The first-order valence-electron chi connectivity index (χ1n) is 5.24. The number of ether oxygens (including phenoxy) is 2. The summed E-state index contributed by atoms with van der Waals surface area (Å²) >= 11 is 0. The SMILES string of the molecule is CCOC(=O)CCOCCCCCN. The highest BCUT2D eigenvalue weighted by Crippen LogP contribution is 1.95. The summed E-state index contributed by atoms with van der Waals surface area (Å²) in [7, 11) is 0. The molecule has 4 heteroatoms. The van der Waals surface area contributed by atoms with E-state index in [1.54, 1.807) is 6.92 Å². The fourth-order valence-electron chi connectivity index (χ4n) is 1.02. The van der Waals surface area contributed by atoms with Crippen molar-refractivity contribution in [1.29, 1.82) is 0 Å². The van der Waals surface area contributed by atoms with E-state index in [1.165, 1.54) is 0 Å². The average molecular weight is 203 g/mol. The second-order valence-electron chi connectivity index (χ2n) is 3.02. The minimum atomic E-state index is -0.186. The Morgan fingerprint density at radius 2 is 2.00 bits per heavy atom. The predicted octanol–water partition coefficient (Wildman–Crippen LogP) is 1.09. The van der Waals surface area contributed by atoms with Gasteiger partial charge in [-0.3, -0.25) is 4.79 Å². The molecule has 0 unspecified atom stereocenters. The summed E-state index contributed by atoms with van der Waals surface area (Å²) in [6.07, 6.45) is 3.50. The molecular formula is C10H21NO3. The number of hydrogen-bond acceptors (Lipinski definition) is 4. The van der Waals surface area contributed by atoms with Crippen LogP contribution >= 0.6 is 0 Å². The molecule has 0 aliphatic rings. The monoisotopic (exact) mass is 203 g/mol. The first kappa shape index (κ1) is 13.4. The number of rotatable bonds is 9. The molecule has 0 atom stereocenters. The lowest BCUT2D eigenvalue weighted by molar-refractivity contribution is -0.144. The summed E-state index contributed by atoms with van der Waals surface area (Å²) in [5, 5.41) is 0. The lowest BCUT2D eigenvalue weighted by atomic mass is 10.2. The Morgan fingerprint density at radius 3 is 2.64 bits per heavy atom. The molecule has 0 spiro atoms. The fraction of sp³-hybridized carbons (Fsp3) is 0.900. The zero-order valence-electron chi connectivity index (χ0n) is 8.96.